The van der Waals surface area contributed by atoms with Crippen LogP contribution in [0.3, 0.4) is 0 Å². The van der Waals surface area contributed by atoms with Gasteiger partial charge in [0, 0.05) is 6.92 Å². The zero-order chi connectivity index (χ0) is 14.4. The Morgan fingerprint density at radius 1 is 0.750 bits per heavy atom. The van der Waals surface area contributed by atoms with Crippen molar-refractivity contribution in [1.82, 2.24) is 0 Å². The molecule has 2 aliphatic rings. The number of esters is 2. The van der Waals surface area contributed by atoms with Gasteiger partial charge in [0.05, 0.1) is 11.8 Å². The summed E-state index contributed by atoms with van der Waals surface area (Å²) in [7, 11) is 0. The highest BCUT2D eigenvalue weighted by molar-refractivity contribution is 5.74. The van der Waals surface area contributed by atoms with E-state index in [-0.39, 0.29) is 23.8 Å². The van der Waals surface area contributed by atoms with E-state index in [9.17, 15) is 9.59 Å². The quantitative estimate of drug-likeness (QED) is 0.584. The first-order valence-corrected chi connectivity index (χ1v) is 8.08. The lowest BCUT2D eigenvalue weighted by molar-refractivity contribution is -0.191. The van der Waals surface area contributed by atoms with Gasteiger partial charge in [-0.3, -0.25) is 9.59 Å². The van der Waals surface area contributed by atoms with Crippen LogP contribution in [-0.2, 0) is 19.1 Å². The second-order valence-corrected chi connectivity index (χ2v) is 6.11. The Morgan fingerprint density at radius 3 is 1.45 bits per heavy atom. The Bertz CT molecular complexity index is 295. The maximum absolute atomic E-state index is 12.0. The van der Waals surface area contributed by atoms with E-state index >= 15 is 0 Å². The van der Waals surface area contributed by atoms with Crippen LogP contribution in [-0.4, -0.2) is 18.2 Å². The standard InChI is InChI=1S/C16H26O4/c1-12(19-15(17)13-8-4-2-5-9-13)20-16(18)14-10-6-3-7-11-14/h12-14H,2-11H2,1H3. The second-order valence-electron chi connectivity index (χ2n) is 6.11. The molecule has 0 unspecified atom stereocenters. The Labute approximate surface area is 121 Å². The van der Waals surface area contributed by atoms with E-state index in [4.69, 9.17) is 9.47 Å². The van der Waals surface area contributed by atoms with E-state index in [1.807, 2.05) is 0 Å². The highest BCUT2D eigenvalue weighted by atomic mass is 16.7. The largest absolute Gasteiger partial charge is 0.425 e. The summed E-state index contributed by atoms with van der Waals surface area (Å²) in [5.41, 5.74) is 0. The maximum atomic E-state index is 12.0. The van der Waals surface area contributed by atoms with Gasteiger partial charge in [0.2, 0.25) is 6.29 Å². The van der Waals surface area contributed by atoms with Crippen molar-refractivity contribution >= 4 is 11.9 Å². The van der Waals surface area contributed by atoms with Crippen molar-refractivity contribution in [1.29, 1.82) is 0 Å². The van der Waals surface area contributed by atoms with E-state index in [1.54, 1.807) is 6.92 Å². The topological polar surface area (TPSA) is 52.6 Å². The molecule has 2 rings (SSSR count). The molecule has 2 fully saturated rings. The molecule has 0 radical (unpaired) electrons. The molecule has 0 N–H and O–H groups in total. The minimum Gasteiger partial charge on any atom is -0.425 e. The summed E-state index contributed by atoms with van der Waals surface area (Å²) in [6.07, 6.45) is 9.65. The maximum Gasteiger partial charge on any atom is 0.311 e. The second kappa shape index (κ2) is 7.65. The summed E-state index contributed by atoms with van der Waals surface area (Å²) >= 11 is 0. The third-order valence-corrected chi connectivity index (χ3v) is 4.44. The van der Waals surface area contributed by atoms with Gasteiger partial charge in [-0.15, -0.1) is 0 Å². The molecule has 0 spiro atoms. The molecule has 2 saturated carbocycles. The van der Waals surface area contributed by atoms with Crippen molar-refractivity contribution in [3.8, 4) is 0 Å². The van der Waals surface area contributed by atoms with Crippen molar-refractivity contribution in [3.63, 3.8) is 0 Å². The molecule has 20 heavy (non-hydrogen) atoms. The molecular weight excluding hydrogens is 256 g/mol. The minimum atomic E-state index is -0.751. The molecule has 0 aromatic heterocycles. The van der Waals surface area contributed by atoms with Gasteiger partial charge < -0.3 is 9.47 Å². The summed E-state index contributed by atoms with van der Waals surface area (Å²) in [6.45, 7) is 1.64. The minimum absolute atomic E-state index is 0.000386. The lowest BCUT2D eigenvalue weighted by Gasteiger charge is -2.24. The molecule has 0 aliphatic heterocycles. The monoisotopic (exact) mass is 282 g/mol. The molecule has 0 aromatic carbocycles. The van der Waals surface area contributed by atoms with Crippen LogP contribution in [0, 0.1) is 11.8 Å². The van der Waals surface area contributed by atoms with Crippen LogP contribution in [0.1, 0.15) is 71.1 Å². The molecule has 0 saturated heterocycles. The molecule has 4 nitrogen and oxygen atoms in total. The zero-order valence-corrected chi connectivity index (χ0v) is 12.4. The van der Waals surface area contributed by atoms with Crippen LogP contribution in [0.25, 0.3) is 0 Å². The molecule has 0 aromatic rings. The summed E-state index contributed by atoms with van der Waals surface area (Å²) in [5, 5.41) is 0. The van der Waals surface area contributed by atoms with E-state index in [2.05, 4.69) is 0 Å². The fraction of sp³-hybridized carbons (Fsp3) is 0.875. The Morgan fingerprint density at radius 2 is 1.10 bits per heavy atom. The van der Waals surface area contributed by atoms with Crippen molar-refractivity contribution in [2.45, 2.75) is 77.4 Å². The lowest BCUT2D eigenvalue weighted by atomic mass is 9.89. The fourth-order valence-electron chi connectivity index (χ4n) is 3.22. The summed E-state index contributed by atoms with van der Waals surface area (Å²) in [5.74, 6) is -0.401. The molecule has 0 bridgehead atoms. The van der Waals surface area contributed by atoms with Crippen LogP contribution < -0.4 is 0 Å². The average molecular weight is 282 g/mol. The van der Waals surface area contributed by atoms with Crippen molar-refractivity contribution < 1.29 is 19.1 Å². The third-order valence-electron chi connectivity index (χ3n) is 4.44. The first-order chi connectivity index (χ1) is 9.66. The molecule has 0 heterocycles. The van der Waals surface area contributed by atoms with E-state index in [0.717, 1.165) is 51.4 Å². The Hall–Kier alpha value is -1.06. The SMILES string of the molecule is CC(OC(=O)C1CCCCC1)OC(=O)C1CCCCC1. The van der Waals surface area contributed by atoms with Gasteiger partial charge in [-0.1, -0.05) is 38.5 Å². The van der Waals surface area contributed by atoms with Crippen LogP contribution in [0.15, 0.2) is 0 Å². The van der Waals surface area contributed by atoms with Gasteiger partial charge >= 0.3 is 11.9 Å². The van der Waals surface area contributed by atoms with Gasteiger partial charge in [0.25, 0.3) is 0 Å². The van der Waals surface area contributed by atoms with Crippen LogP contribution in [0.5, 0.6) is 0 Å². The van der Waals surface area contributed by atoms with Crippen molar-refractivity contribution in [3.05, 3.63) is 0 Å². The fourth-order valence-corrected chi connectivity index (χ4v) is 3.22. The number of rotatable bonds is 4. The Balaban J connectivity index is 1.72. The molecule has 114 valence electrons. The lowest BCUT2D eigenvalue weighted by Crippen LogP contribution is -2.30. The van der Waals surface area contributed by atoms with Crippen LogP contribution in [0.4, 0.5) is 0 Å². The summed E-state index contributed by atoms with van der Waals surface area (Å²) < 4.78 is 10.5. The highest BCUT2D eigenvalue weighted by Gasteiger charge is 2.27. The first-order valence-electron chi connectivity index (χ1n) is 8.08. The molecule has 4 heteroatoms. The predicted octanol–water partition coefficient (Wildman–Crippen LogP) is 3.58. The third kappa shape index (κ3) is 4.50. The van der Waals surface area contributed by atoms with Gasteiger partial charge in [-0.05, 0) is 25.7 Å². The molecule has 0 atom stereocenters. The summed E-state index contributed by atoms with van der Waals surface area (Å²) in [4.78, 5) is 23.9. The van der Waals surface area contributed by atoms with Gasteiger partial charge in [-0.25, -0.2) is 0 Å². The number of carbonyl (C=O) groups excluding carboxylic acids is 2. The smallest absolute Gasteiger partial charge is 0.311 e. The predicted molar refractivity (Wildman–Crippen MR) is 74.8 cm³/mol. The van der Waals surface area contributed by atoms with E-state index in [0.29, 0.717) is 0 Å². The van der Waals surface area contributed by atoms with Gasteiger partial charge in [0.15, 0.2) is 0 Å². The Kier molecular flexibility index (Phi) is 5.86. The number of hydrogen-bond donors (Lipinski definition) is 0. The zero-order valence-electron chi connectivity index (χ0n) is 12.4. The molecule has 2 aliphatic carbocycles. The van der Waals surface area contributed by atoms with E-state index in [1.165, 1.54) is 12.8 Å². The van der Waals surface area contributed by atoms with Crippen LogP contribution >= 0.6 is 0 Å². The average Bonchev–Trinajstić information content (AvgIpc) is 2.49. The van der Waals surface area contributed by atoms with Gasteiger partial charge in [-0.2, -0.15) is 0 Å². The molecular formula is C16H26O4. The van der Waals surface area contributed by atoms with Crippen molar-refractivity contribution in [2.24, 2.45) is 11.8 Å². The number of hydrogen-bond acceptors (Lipinski definition) is 4. The summed E-state index contributed by atoms with van der Waals surface area (Å²) in [6, 6.07) is 0. The normalized spacial score (nSPS) is 21.7. The van der Waals surface area contributed by atoms with Crippen LogP contribution in [0.2, 0.25) is 0 Å². The highest BCUT2D eigenvalue weighted by Crippen LogP contribution is 2.27. The van der Waals surface area contributed by atoms with Gasteiger partial charge in [0.1, 0.15) is 0 Å². The number of ether oxygens (including phenoxy) is 2. The molecule has 0 amide bonds. The first kappa shape index (κ1) is 15.3. The number of carbonyl (C=O) groups is 2. The van der Waals surface area contributed by atoms with Crippen molar-refractivity contribution in [2.75, 3.05) is 0 Å². The van der Waals surface area contributed by atoms with E-state index < -0.39 is 6.29 Å².